The molecule has 0 aromatic heterocycles. The van der Waals surface area contributed by atoms with E-state index < -0.39 is 0 Å². The molecule has 0 radical (unpaired) electrons. The van der Waals surface area contributed by atoms with Gasteiger partial charge in [0.1, 0.15) is 6.17 Å². The Morgan fingerprint density at radius 3 is 2.81 bits per heavy atom. The van der Waals surface area contributed by atoms with Crippen molar-refractivity contribution >= 4 is 5.91 Å². The van der Waals surface area contributed by atoms with E-state index in [9.17, 15) is 4.79 Å². The number of carbonyl (C=O) groups excluding carboxylic acids is 1. The molecule has 1 amide bonds. The van der Waals surface area contributed by atoms with Crippen molar-refractivity contribution in [1.29, 1.82) is 0 Å². The van der Waals surface area contributed by atoms with Gasteiger partial charge in [0.05, 0.1) is 18.7 Å². The zero-order valence-corrected chi connectivity index (χ0v) is 13.1. The first-order chi connectivity index (χ1) is 10.1. The summed E-state index contributed by atoms with van der Waals surface area (Å²) in [5.41, 5.74) is 3.70. The van der Waals surface area contributed by atoms with Crippen LogP contribution >= 0.6 is 0 Å². The number of ether oxygens (including phenoxy) is 1. The number of amides is 1. The molecule has 21 heavy (non-hydrogen) atoms. The molecule has 2 heterocycles. The molecule has 0 spiro atoms. The lowest BCUT2D eigenvalue weighted by molar-refractivity contribution is -0.132. The van der Waals surface area contributed by atoms with Crippen molar-refractivity contribution in [3.8, 4) is 0 Å². The van der Waals surface area contributed by atoms with Gasteiger partial charge in [-0.2, -0.15) is 0 Å². The molecule has 1 N–H and O–H groups in total. The van der Waals surface area contributed by atoms with Crippen LogP contribution in [0.4, 0.5) is 0 Å². The van der Waals surface area contributed by atoms with Crippen LogP contribution in [0.25, 0.3) is 0 Å². The third kappa shape index (κ3) is 2.58. The number of hydrogen-bond acceptors (Lipinski definition) is 3. The third-order valence-corrected chi connectivity index (χ3v) is 4.62. The lowest BCUT2D eigenvalue weighted by Crippen LogP contribution is -2.40. The summed E-state index contributed by atoms with van der Waals surface area (Å²) < 4.78 is 5.50. The van der Waals surface area contributed by atoms with Gasteiger partial charge in [0.15, 0.2) is 0 Å². The molecular formula is C17H24N2O2. The van der Waals surface area contributed by atoms with Crippen LogP contribution in [0.2, 0.25) is 0 Å². The maximum Gasteiger partial charge on any atom is 0.241 e. The summed E-state index contributed by atoms with van der Waals surface area (Å²) in [5, 5.41) is 3.51. The Balaban J connectivity index is 1.95. The first-order valence-electron chi connectivity index (χ1n) is 7.85. The Kier molecular flexibility index (Phi) is 4.00. The highest BCUT2D eigenvalue weighted by molar-refractivity contribution is 5.85. The fourth-order valence-electron chi connectivity index (χ4n) is 3.45. The van der Waals surface area contributed by atoms with Crippen molar-refractivity contribution in [1.82, 2.24) is 10.2 Å². The number of benzene rings is 1. The van der Waals surface area contributed by atoms with Gasteiger partial charge < -0.3 is 9.64 Å². The maximum absolute atomic E-state index is 12.7. The highest BCUT2D eigenvalue weighted by Gasteiger charge is 2.43. The Hall–Kier alpha value is -1.39. The monoisotopic (exact) mass is 288 g/mol. The maximum atomic E-state index is 12.7. The van der Waals surface area contributed by atoms with Crippen LogP contribution in [0.3, 0.4) is 0 Å². The number of carbonyl (C=O) groups is 1. The number of aryl methyl sites for hydroxylation is 2. The Labute approximate surface area is 126 Å². The first kappa shape index (κ1) is 14.5. The lowest BCUT2D eigenvalue weighted by Gasteiger charge is -2.30. The minimum atomic E-state index is -0.0729. The minimum Gasteiger partial charge on any atom is -0.379 e. The molecule has 1 aromatic carbocycles. The first-order valence-corrected chi connectivity index (χ1v) is 7.85. The second-order valence-corrected chi connectivity index (χ2v) is 6.15. The number of hydrogen-bond donors (Lipinski definition) is 1. The average molecular weight is 288 g/mol. The molecule has 0 aliphatic carbocycles. The number of nitrogens with zero attached hydrogens (tertiary/aromatic N) is 1. The molecule has 2 fully saturated rings. The van der Waals surface area contributed by atoms with Crippen LogP contribution in [-0.2, 0) is 9.53 Å². The summed E-state index contributed by atoms with van der Waals surface area (Å²) in [4.78, 5) is 14.7. The van der Waals surface area contributed by atoms with Gasteiger partial charge in [-0.15, -0.1) is 0 Å². The second kappa shape index (κ2) is 5.78. The van der Waals surface area contributed by atoms with E-state index in [0.29, 0.717) is 6.61 Å². The van der Waals surface area contributed by atoms with E-state index in [1.54, 1.807) is 0 Å². The molecule has 114 valence electrons. The summed E-state index contributed by atoms with van der Waals surface area (Å²) in [7, 11) is 0. The van der Waals surface area contributed by atoms with Gasteiger partial charge >= 0.3 is 0 Å². The molecule has 0 saturated carbocycles. The van der Waals surface area contributed by atoms with E-state index in [1.165, 1.54) is 16.7 Å². The van der Waals surface area contributed by atoms with Gasteiger partial charge in [0.2, 0.25) is 5.91 Å². The fourth-order valence-corrected chi connectivity index (χ4v) is 3.45. The van der Waals surface area contributed by atoms with Crippen LogP contribution in [0.5, 0.6) is 0 Å². The van der Waals surface area contributed by atoms with Gasteiger partial charge in [-0.1, -0.05) is 30.7 Å². The Morgan fingerprint density at radius 1 is 1.38 bits per heavy atom. The number of rotatable bonds is 3. The van der Waals surface area contributed by atoms with Crippen LogP contribution in [-0.4, -0.2) is 36.1 Å². The molecule has 4 nitrogen and oxygen atoms in total. The Bertz CT molecular complexity index is 538. The van der Waals surface area contributed by atoms with Crippen molar-refractivity contribution in [2.75, 3.05) is 13.2 Å². The molecule has 3 unspecified atom stereocenters. The lowest BCUT2D eigenvalue weighted by atomic mass is 10.0. The largest absolute Gasteiger partial charge is 0.379 e. The van der Waals surface area contributed by atoms with Crippen molar-refractivity contribution in [2.45, 2.75) is 51.9 Å². The average Bonchev–Trinajstić information content (AvgIpc) is 3.06. The zero-order chi connectivity index (χ0) is 15.0. The molecule has 1 aromatic rings. The van der Waals surface area contributed by atoms with Crippen molar-refractivity contribution in [3.05, 3.63) is 34.9 Å². The predicted octanol–water partition coefficient (Wildman–Crippen LogP) is 2.30. The van der Waals surface area contributed by atoms with Crippen molar-refractivity contribution < 1.29 is 9.53 Å². The smallest absolute Gasteiger partial charge is 0.241 e. The SMILES string of the molecule is CCC1NC(c2ccc(C)cc2C)N(C2CCOC2)C1=O. The molecule has 3 rings (SSSR count). The van der Waals surface area contributed by atoms with E-state index in [1.807, 2.05) is 4.90 Å². The van der Waals surface area contributed by atoms with Gasteiger partial charge in [0, 0.05) is 6.61 Å². The third-order valence-electron chi connectivity index (χ3n) is 4.62. The quantitative estimate of drug-likeness (QED) is 0.928. The summed E-state index contributed by atoms with van der Waals surface area (Å²) in [6.07, 6.45) is 1.74. The molecule has 4 heteroatoms. The van der Waals surface area contributed by atoms with Crippen LogP contribution in [0.1, 0.15) is 42.6 Å². The van der Waals surface area contributed by atoms with E-state index in [4.69, 9.17) is 4.74 Å². The normalized spacial score (nSPS) is 29.4. The standard InChI is InChI=1S/C17H24N2O2/c1-4-15-17(20)19(13-7-8-21-10-13)16(18-15)14-6-5-11(2)9-12(14)3/h5-6,9,13,15-16,18H,4,7-8,10H2,1-3H3. The van der Waals surface area contributed by atoms with Gasteiger partial charge in [-0.05, 0) is 37.8 Å². The van der Waals surface area contributed by atoms with Crippen LogP contribution < -0.4 is 5.32 Å². The topological polar surface area (TPSA) is 41.6 Å². The van der Waals surface area contributed by atoms with Crippen LogP contribution in [0, 0.1) is 13.8 Å². The minimum absolute atomic E-state index is 0.0188. The highest BCUT2D eigenvalue weighted by Crippen LogP contribution is 2.33. The van der Waals surface area contributed by atoms with E-state index >= 15 is 0 Å². The van der Waals surface area contributed by atoms with Gasteiger partial charge in [-0.25, -0.2) is 0 Å². The van der Waals surface area contributed by atoms with Crippen LogP contribution in [0.15, 0.2) is 18.2 Å². The fraction of sp³-hybridized carbons (Fsp3) is 0.588. The van der Waals surface area contributed by atoms with Gasteiger partial charge in [0.25, 0.3) is 0 Å². The molecular weight excluding hydrogens is 264 g/mol. The molecule has 2 saturated heterocycles. The predicted molar refractivity (Wildman–Crippen MR) is 81.9 cm³/mol. The van der Waals surface area contributed by atoms with E-state index in [-0.39, 0.29) is 24.2 Å². The van der Waals surface area contributed by atoms with Crippen molar-refractivity contribution in [2.24, 2.45) is 0 Å². The van der Waals surface area contributed by atoms with E-state index in [2.05, 4.69) is 44.3 Å². The van der Waals surface area contributed by atoms with Crippen molar-refractivity contribution in [3.63, 3.8) is 0 Å². The highest BCUT2D eigenvalue weighted by atomic mass is 16.5. The molecule has 0 bridgehead atoms. The second-order valence-electron chi connectivity index (χ2n) is 6.15. The summed E-state index contributed by atoms with van der Waals surface area (Å²) >= 11 is 0. The van der Waals surface area contributed by atoms with Gasteiger partial charge in [-0.3, -0.25) is 10.1 Å². The molecule has 3 atom stereocenters. The Morgan fingerprint density at radius 2 is 2.19 bits per heavy atom. The van der Waals surface area contributed by atoms with E-state index in [0.717, 1.165) is 19.4 Å². The number of nitrogens with one attached hydrogen (secondary N) is 1. The zero-order valence-electron chi connectivity index (χ0n) is 13.1. The summed E-state index contributed by atoms with van der Waals surface area (Å²) in [5.74, 6) is 0.220. The molecule has 2 aliphatic heterocycles. The summed E-state index contributed by atoms with van der Waals surface area (Å²) in [6.45, 7) is 7.69. The molecule has 2 aliphatic rings. The summed E-state index contributed by atoms with van der Waals surface area (Å²) in [6, 6.07) is 6.58.